The second-order valence-electron chi connectivity index (χ2n) is 12.1. The van der Waals surface area contributed by atoms with E-state index in [-0.39, 0.29) is 34.9 Å². The minimum Gasteiger partial charge on any atom is -0.457 e. The molecule has 0 saturated carbocycles. The molecule has 2 aliphatic heterocycles. The van der Waals surface area contributed by atoms with E-state index in [1.165, 1.54) is 6.07 Å². The first-order chi connectivity index (χ1) is 21.7. The van der Waals surface area contributed by atoms with Gasteiger partial charge in [0.1, 0.15) is 51.8 Å². The molecule has 232 valence electrons. The number of hydrogen-bond donors (Lipinski definition) is 1. The molecule has 0 aliphatic carbocycles. The summed E-state index contributed by atoms with van der Waals surface area (Å²) in [5.41, 5.74) is 7.01. The number of amides is 1. The number of para-hydroxylation sites is 1. The lowest BCUT2D eigenvalue weighted by molar-refractivity contribution is -0.127. The van der Waals surface area contributed by atoms with Gasteiger partial charge in [-0.05, 0) is 64.1 Å². The zero-order valence-electron chi connectivity index (χ0n) is 25.6. The van der Waals surface area contributed by atoms with E-state index in [1.807, 2.05) is 43.5 Å². The van der Waals surface area contributed by atoms with Crippen molar-refractivity contribution in [3.8, 4) is 28.8 Å². The lowest BCUT2D eigenvalue weighted by Crippen LogP contribution is -2.55. The van der Waals surface area contributed by atoms with Crippen molar-refractivity contribution in [1.29, 1.82) is 5.26 Å². The minimum absolute atomic E-state index is 0.112. The zero-order valence-corrected chi connectivity index (χ0v) is 25.6. The van der Waals surface area contributed by atoms with E-state index >= 15 is 4.39 Å². The van der Waals surface area contributed by atoms with Crippen LogP contribution >= 0.6 is 0 Å². The van der Waals surface area contributed by atoms with Crippen molar-refractivity contribution in [2.75, 3.05) is 32.5 Å². The lowest BCUT2D eigenvalue weighted by Gasteiger charge is -2.43. The van der Waals surface area contributed by atoms with Crippen molar-refractivity contribution in [1.82, 2.24) is 24.2 Å². The topological polar surface area (TPSA) is 122 Å². The number of ether oxygens (including phenoxy) is 2. The van der Waals surface area contributed by atoms with Crippen molar-refractivity contribution >= 4 is 17.2 Å². The molecule has 2 fully saturated rings. The third kappa shape index (κ3) is 5.99. The van der Waals surface area contributed by atoms with E-state index in [0.29, 0.717) is 54.7 Å². The fraction of sp³-hybridized carbons (Fsp3) is 0.353. The van der Waals surface area contributed by atoms with Crippen molar-refractivity contribution in [2.24, 2.45) is 0 Å². The summed E-state index contributed by atoms with van der Waals surface area (Å²) in [7, 11) is 1.98. The maximum atomic E-state index is 15.6. The number of halogens is 1. The summed E-state index contributed by atoms with van der Waals surface area (Å²) >= 11 is 0. The molecule has 1 atom stereocenters. The van der Waals surface area contributed by atoms with Crippen molar-refractivity contribution in [3.05, 3.63) is 84.2 Å². The van der Waals surface area contributed by atoms with Gasteiger partial charge < -0.3 is 20.1 Å². The molecule has 2 N–H and O–H groups in total. The van der Waals surface area contributed by atoms with Gasteiger partial charge in [-0.3, -0.25) is 14.1 Å². The molecule has 0 spiro atoms. The monoisotopic (exact) mass is 609 g/mol. The third-order valence-electron chi connectivity index (χ3n) is 8.81. The van der Waals surface area contributed by atoms with Crippen LogP contribution in [-0.2, 0) is 16.0 Å². The largest absolute Gasteiger partial charge is 0.457 e. The van der Waals surface area contributed by atoms with Crippen LogP contribution in [0.2, 0.25) is 0 Å². The average molecular weight is 610 g/mol. The average Bonchev–Trinajstić information content (AvgIpc) is 3.61. The molecule has 45 heavy (non-hydrogen) atoms. The molecular weight excluding hydrogens is 573 g/mol. The SMILES string of the molecule is CN(C1COC1)C(C)(C)/C=C(\C#N)C(=O)N1CCC[C@H]1Cc1nc(-c2ccc(Oc3ccccc3)cc2F)c2c(N)nccn12. The molecule has 2 aromatic carbocycles. The predicted molar refractivity (Wildman–Crippen MR) is 168 cm³/mol. The summed E-state index contributed by atoms with van der Waals surface area (Å²) in [6.45, 7) is 5.79. The number of benzene rings is 2. The maximum Gasteiger partial charge on any atom is 0.264 e. The number of nitriles is 1. The maximum absolute atomic E-state index is 15.6. The van der Waals surface area contributed by atoms with Gasteiger partial charge in [0.25, 0.3) is 5.91 Å². The molecule has 2 aliphatic rings. The quantitative estimate of drug-likeness (QED) is 0.208. The van der Waals surface area contributed by atoms with E-state index in [4.69, 9.17) is 20.2 Å². The highest BCUT2D eigenvalue weighted by molar-refractivity contribution is 5.97. The Morgan fingerprint density at radius 2 is 2.02 bits per heavy atom. The second-order valence-corrected chi connectivity index (χ2v) is 12.1. The highest BCUT2D eigenvalue weighted by atomic mass is 19.1. The van der Waals surface area contributed by atoms with E-state index in [0.717, 1.165) is 12.8 Å². The molecule has 2 aromatic heterocycles. The van der Waals surface area contributed by atoms with E-state index in [2.05, 4.69) is 16.0 Å². The van der Waals surface area contributed by atoms with Crippen molar-refractivity contribution in [2.45, 2.75) is 50.7 Å². The van der Waals surface area contributed by atoms with Crippen molar-refractivity contribution in [3.63, 3.8) is 0 Å². The summed E-state index contributed by atoms with van der Waals surface area (Å²) in [5.74, 6) is 0.979. The van der Waals surface area contributed by atoms with Crippen molar-refractivity contribution < 1.29 is 18.7 Å². The number of anilines is 1. The number of nitrogen functional groups attached to an aromatic ring is 1. The minimum atomic E-state index is -0.519. The smallest absolute Gasteiger partial charge is 0.264 e. The van der Waals surface area contributed by atoms with Gasteiger partial charge in [0.2, 0.25) is 0 Å². The molecule has 10 nitrogen and oxygen atoms in total. The third-order valence-corrected chi connectivity index (χ3v) is 8.81. The molecule has 6 rings (SSSR count). The fourth-order valence-electron chi connectivity index (χ4n) is 6.03. The van der Waals surface area contributed by atoms with Gasteiger partial charge in [-0.15, -0.1) is 0 Å². The van der Waals surface area contributed by atoms with Gasteiger partial charge in [-0.1, -0.05) is 18.2 Å². The normalized spacial score (nSPS) is 17.5. The van der Waals surface area contributed by atoms with E-state index in [1.54, 1.807) is 47.6 Å². The standard InChI is InChI=1S/C34H36FN7O3/c1-34(2,40(3)24-20-44-21-24)18-22(19-36)33(43)41-14-7-8-23(41)16-29-39-30(31-32(37)38-13-15-42(29)31)27-12-11-26(17-28(27)35)45-25-9-5-4-6-10-25/h4-6,9-13,15,17-18,23-24H,7-8,14,16,20-21H2,1-3H3,(H2,37,38)/b22-18+/t23-/m0/s1. The van der Waals surface area contributed by atoms with Crippen LogP contribution in [0.15, 0.2) is 72.6 Å². The molecule has 1 amide bonds. The van der Waals surface area contributed by atoms with Crippen LogP contribution < -0.4 is 10.5 Å². The van der Waals surface area contributed by atoms with Crippen LogP contribution in [0.4, 0.5) is 10.2 Å². The summed E-state index contributed by atoms with van der Waals surface area (Å²) in [6, 6.07) is 16.0. The molecule has 4 heterocycles. The Bertz CT molecular complexity index is 1790. The number of likely N-dealkylation sites (N-methyl/N-ethyl adjacent to an activating group) is 1. The number of hydrogen-bond acceptors (Lipinski definition) is 8. The molecule has 4 aromatic rings. The molecule has 0 bridgehead atoms. The predicted octanol–water partition coefficient (Wildman–Crippen LogP) is 5.00. The summed E-state index contributed by atoms with van der Waals surface area (Å²) < 4.78 is 28.5. The first-order valence-corrected chi connectivity index (χ1v) is 15.0. The fourth-order valence-corrected chi connectivity index (χ4v) is 6.03. The van der Waals surface area contributed by atoms with E-state index in [9.17, 15) is 10.1 Å². The van der Waals surface area contributed by atoms with Gasteiger partial charge in [0.15, 0.2) is 0 Å². The van der Waals surface area contributed by atoms with Gasteiger partial charge in [-0.25, -0.2) is 14.4 Å². The number of imidazole rings is 1. The summed E-state index contributed by atoms with van der Waals surface area (Å²) in [6.07, 6.45) is 7.02. The van der Waals surface area contributed by atoms with Gasteiger partial charge >= 0.3 is 0 Å². The first kappa shape index (κ1) is 30.2. The molecular formula is C34H36FN7O3. The number of nitrogens with two attached hydrogens (primary N) is 1. The number of carbonyl (C=O) groups is 1. The second kappa shape index (κ2) is 12.3. The lowest BCUT2D eigenvalue weighted by atomic mass is 9.96. The number of fused-ring (bicyclic) bond motifs is 1. The number of nitrogens with zero attached hydrogens (tertiary/aromatic N) is 6. The Hall–Kier alpha value is -4.79. The van der Waals surface area contributed by atoms with Crippen LogP contribution in [0.1, 0.15) is 32.5 Å². The number of carbonyl (C=O) groups excluding carboxylic acids is 1. The summed E-state index contributed by atoms with van der Waals surface area (Å²) in [4.78, 5) is 26.8. The highest BCUT2D eigenvalue weighted by Crippen LogP contribution is 2.34. The Labute approximate surface area is 261 Å². The summed E-state index contributed by atoms with van der Waals surface area (Å²) in [5, 5.41) is 10.0. The van der Waals surface area contributed by atoms with Crippen LogP contribution in [0, 0.1) is 17.1 Å². The van der Waals surface area contributed by atoms with Gasteiger partial charge in [0.05, 0.1) is 19.3 Å². The Morgan fingerprint density at radius 3 is 2.71 bits per heavy atom. The Morgan fingerprint density at radius 1 is 1.24 bits per heavy atom. The molecule has 0 radical (unpaired) electrons. The van der Waals surface area contributed by atoms with Gasteiger partial charge in [0, 0.05) is 48.6 Å². The van der Waals surface area contributed by atoms with Gasteiger partial charge in [-0.2, -0.15) is 5.26 Å². The van der Waals surface area contributed by atoms with Crippen LogP contribution in [0.3, 0.4) is 0 Å². The first-order valence-electron chi connectivity index (χ1n) is 15.0. The highest BCUT2D eigenvalue weighted by Gasteiger charge is 2.36. The number of rotatable bonds is 9. The Kier molecular flexibility index (Phi) is 8.27. The van der Waals surface area contributed by atoms with Crippen LogP contribution in [0.5, 0.6) is 11.5 Å². The number of aromatic nitrogens is 3. The van der Waals surface area contributed by atoms with Crippen LogP contribution in [-0.4, -0.2) is 74.5 Å². The number of likely N-dealkylation sites (tertiary alicyclic amines) is 1. The molecule has 2 saturated heterocycles. The van der Waals surface area contributed by atoms with E-state index < -0.39 is 11.4 Å². The molecule has 11 heteroatoms. The Balaban J connectivity index is 1.28. The van der Waals surface area contributed by atoms with Crippen LogP contribution in [0.25, 0.3) is 16.8 Å². The zero-order chi connectivity index (χ0) is 31.7. The molecule has 0 unspecified atom stereocenters.